The topological polar surface area (TPSA) is 69.8 Å². The monoisotopic (exact) mass is 418 g/mol. The number of H-pyrrole nitrogens is 1. The molecule has 0 amide bonds. The van der Waals surface area contributed by atoms with E-state index in [1.54, 1.807) is 7.11 Å². The van der Waals surface area contributed by atoms with Crippen LogP contribution in [-0.2, 0) is 16.0 Å². The number of thiocarbonyl (C=S) groups is 1. The molecule has 2 heterocycles. The third-order valence-electron chi connectivity index (χ3n) is 5.10. The molecule has 3 rings (SSSR count). The number of nitrogens with zero attached hydrogens (tertiary/aromatic N) is 2. The molecule has 1 aromatic carbocycles. The molecule has 0 saturated carbocycles. The van der Waals surface area contributed by atoms with Crippen LogP contribution in [0.2, 0.25) is 0 Å². The minimum Gasteiger partial charge on any atom is -0.383 e. The van der Waals surface area contributed by atoms with E-state index < -0.39 is 0 Å². The molecule has 1 aliphatic rings. The van der Waals surface area contributed by atoms with Crippen LogP contribution >= 0.6 is 12.2 Å². The van der Waals surface area contributed by atoms with Gasteiger partial charge in [-0.05, 0) is 42.2 Å². The standard InChI is InChI=1S/C21H30N4O3S/c1-16-3-4-17-14-18(20(26)23-19(17)13-16)15-25(21(29)22-5-10-27-2)7-6-24-8-11-28-12-9-24/h3-4,13-14H,5-12,15H2,1-2H3,(H,22,29)(H,23,26). The van der Waals surface area contributed by atoms with Crippen LogP contribution in [0.15, 0.2) is 29.1 Å². The van der Waals surface area contributed by atoms with Crippen LogP contribution < -0.4 is 10.9 Å². The van der Waals surface area contributed by atoms with Gasteiger partial charge in [0.25, 0.3) is 5.56 Å². The van der Waals surface area contributed by atoms with Crippen LogP contribution in [0, 0.1) is 6.92 Å². The molecule has 2 aromatic rings. The van der Waals surface area contributed by atoms with Crippen molar-refractivity contribution < 1.29 is 9.47 Å². The Kier molecular flexibility index (Phi) is 8.00. The summed E-state index contributed by atoms with van der Waals surface area (Å²) in [4.78, 5) is 20.1. The number of nitrogens with one attached hydrogen (secondary N) is 2. The van der Waals surface area contributed by atoms with Gasteiger partial charge in [0.1, 0.15) is 0 Å². The van der Waals surface area contributed by atoms with Gasteiger partial charge >= 0.3 is 0 Å². The van der Waals surface area contributed by atoms with E-state index >= 15 is 0 Å². The number of morpholine rings is 1. The number of benzene rings is 1. The van der Waals surface area contributed by atoms with Crippen molar-refractivity contribution in [1.29, 1.82) is 0 Å². The second kappa shape index (κ2) is 10.7. The predicted molar refractivity (Wildman–Crippen MR) is 119 cm³/mol. The average Bonchev–Trinajstić information content (AvgIpc) is 2.72. The number of rotatable bonds is 8. The fourth-order valence-corrected chi connectivity index (χ4v) is 3.65. The van der Waals surface area contributed by atoms with Crippen molar-refractivity contribution in [2.24, 2.45) is 0 Å². The molecule has 1 fully saturated rings. The van der Waals surface area contributed by atoms with Gasteiger partial charge in [0.2, 0.25) is 0 Å². The molecule has 8 heteroatoms. The number of fused-ring (bicyclic) bond motifs is 1. The van der Waals surface area contributed by atoms with Crippen LogP contribution in [0.25, 0.3) is 10.9 Å². The second-order valence-corrected chi connectivity index (χ2v) is 7.70. The van der Waals surface area contributed by atoms with Crippen molar-refractivity contribution in [3.05, 3.63) is 45.7 Å². The molecule has 0 unspecified atom stereocenters. The Hall–Kier alpha value is -2.00. The van der Waals surface area contributed by atoms with Crippen molar-refractivity contribution in [1.82, 2.24) is 20.1 Å². The largest absolute Gasteiger partial charge is 0.383 e. The summed E-state index contributed by atoms with van der Waals surface area (Å²) < 4.78 is 10.5. The number of pyridine rings is 1. The SMILES string of the molecule is COCCNC(=S)N(CCN1CCOCC1)Cc1cc2ccc(C)cc2[nH]c1=O. The minimum atomic E-state index is -0.0702. The molecule has 1 saturated heterocycles. The molecule has 1 aliphatic heterocycles. The Balaban J connectivity index is 1.74. The molecule has 29 heavy (non-hydrogen) atoms. The Bertz CT molecular complexity index is 880. The third kappa shape index (κ3) is 6.24. The van der Waals surface area contributed by atoms with Gasteiger partial charge in [-0.3, -0.25) is 9.69 Å². The highest BCUT2D eigenvalue weighted by Crippen LogP contribution is 2.14. The Morgan fingerprint density at radius 1 is 1.34 bits per heavy atom. The zero-order valence-corrected chi connectivity index (χ0v) is 18.0. The first-order valence-electron chi connectivity index (χ1n) is 10.0. The molecule has 0 atom stereocenters. The fraction of sp³-hybridized carbons (Fsp3) is 0.524. The summed E-state index contributed by atoms with van der Waals surface area (Å²) in [6, 6.07) is 8.05. The maximum atomic E-state index is 12.7. The van der Waals surface area contributed by atoms with E-state index in [0.29, 0.717) is 30.4 Å². The summed E-state index contributed by atoms with van der Waals surface area (Å²) in [5.74, 6) is 0. The highest BCUT2D eigenvalue weighted by molar-refractivity contribution is 7.80. The van der Waals surface area contributed by atoms with Crippen molar-refractivity contribution >= 4 is 28.2 Å². The molecule has 2 N–H and O–H groups in total. The molecule has 1 aromatic heterocycles. The van der Waals surface area contributed by atoms with E-state index in [1.807, 2.05) is 25.1 Å². The van der Waals surface area contributed by atoms with Crippen LogP contribution in [0.3, 0.4) is 0 Å². The fourth-order valence-electron chi connectivity index (χ4n) is 3.39. The summed E-state index contributed by atoms with van der Waals surface area (Å²) in [5.41, 5.74) is 2.62. The van der Waals surface area contributed by atoms with Gasteiger partial charge in [-0.25, -0.2) is 0 Å². The van der Waals surface area contributed by atoms with Crippen molar-refractivity contribution in [2.45, 2.75) is 13.5 Å². The summed E-state index contributed by atoms with van der Waals surface area (Å²) >= 11 is 5.61. The summed E-state index contributed by atoms with van der Waals surface area (Å²) in [6.07, 6.45) is 0. The molecule has 7 nitrogen and oxygen atoms in total. The Labute approximate surface area is 177 Å². The van der Waals surface area contributed by atoms with Gasteiger partial charge < -0.3 is 24.7 Å². The van der Waals surface area contributed by atoms with Gasteiger partial charge in [-0.15, -0.1) is 0 Å². The second-order valence-electron chi connectivity index (χ2n) is 7.31. The lowest BCUT2D eigenvalue weighted by atomic mass is 10.1. The lowest BCUT2D eigenvalue weighted by Crippen LogP contribution is -2.46. The predicted octanol–water partition coefficient (Wildman–Crippen LogP) is 1.49. The molecular formula is C21H30N4O3S. The number of hydrogen-bond acceptors (Lipinski definition) is 5. The number of methoxy groups -OCH3 is 1. The van der Waals surface area contributed by atoms with Crippen molar-refractivity contribution in [3.63, 3.8) is 0 Å². The molecule has 158 valence electrons. The van der Waals surface area contributed by atoms with E-state index in [1.165, 1.54) is 0 Å². The van der Waals surface area contributed by atoms with Gasteiger partial charge in [-0.2, -0.15) is 0 Å². The van der Waals surface area contributed by atoms with E-state index in [0.717, 1.165) is 55.9 Å². The van der Waals surface area contributed by atoms with Crippen molar-refractivity contribution in [2.75, 3.05) is 59.7 Å². The Morgan fingerprint density at radius 3 is 2.90 bits per heavy atom. The maximum absolute atomic E-state index is 12.7. The average molecular weight is 419 g/mol. The highest BCUT2D eigenvalue weighted by atomic mass is 32.1. The van der Waals surface area contributed by atoms with Crippen LogP contribution in [0.4, 0.5) is 0 Å². The number of hydrogen-bond donors (Lipinski definition) is 2. The number of aromatic amines is 1. The number of ether oxygens (including phenoxy) is 2. The first kappa shape index (κ1) is 21.7. The quantitative estimate of drug-likeness (QED) is 0.497. The summed E-state index contributed by atoms with van der Waals surface area (Å²) in [7, 11) is 1.66. The van der Waals surface area contributed by atoms with E-state index in [2.05, 4.69) is 26.2 Å². The third-order valence-corrected chi connectivity index (χ3v) is 5.50. The molecule has 0 radical (unpaired) electrons. The molecule has 0 bridgehead atoms. The van der Waals surface area contributed by atoms with Crippen LogP contribution in [0.1, 0.15) is 11.1 Å². The lowest BCUT2D eigenvalue weighted by Gasteiger charge is -2.31. The number of aryl methyl sites for hydroxylation is 1. The van der Waals surface area contributed by atoms with E-state index in [-0.39, 0.29) is 5.56 Å². The first-order valence-corrected chi connectivity index (χ1v) is 10.4. The first-order chi connectivity index (χ1) is 14.1. The van der Waals surface area contributed by atoms with Gasteiger partial charge in [0.15, 0.2) is 5.11 Å². The zero-order chi connectivity index (χ0) is 20.6. The smallest absolute Gasteiger partial charge is 0.253 e. The van der Waals surface area contributed by atoms with Gasteiger partial charge in [0, 0.05) is 50.9 Å². The normalized spacial score (nSPS) is 14.8. The molecule has 0 aliphatic carbocycles. The van der Waals surface area contributed by atoms with Gasteiger partial charge in [-0.1, -0.05) is 12.1 Å². The zero-order valence-electron chi connectivity index (χ0n) is 17.2. The van der Waals surface area contributed by atoms with E-state index in [9.17, 15) is 4.79 Å². The Morgan fingerprint density at radius 2 is 2.14 bits per heavy atom. The minimum absolute atomic E-state index is 0.0702. The molecular weight excluding hydrogens is 388 g/mol. The van der Waals surface area contributed by atoms with Gasteiger partial charge in [0.05, 0.1) is 26.4 Å². The number of aromatic nitrogens is 1. The summed E-state index contributed by atoms with van der Waals surface area (Å²) in [6.45, 7) is 8.68. The van der Waals surface area contributed by atoms with E-state index in [4.69, 9.17) is 21.7 Å². The summed E-state index contributed by atoms with van der Waals surface area (Å²) in [5, 5.41) is 4.89. The highest BCUT2D eigenvalue weighted by Gasteiger charge is 2.16. The maximum Gasteiger partial charge on any atom is 0.253 e. The lowest BCUT2D eigenvalue weighted by molar-refractivity contribution is 0.0357. The van der Waals surface area contributed by atoms with Crippen LogP contribution in [-0.4, -0.2) is 79.6 Å². The molecule has 0 spiro atoms. The van der Waals surface area contributed by atoms with Crippen molar-refractivity contribution in [3.8, 4) is 0 Å². The van der Waals surface area contributed by atoms with Crippen LogP contribution in [0.5, 0.6) is 0 Å².